The average molecular weight is 430 g/mol. The minimum Gasteiger partial charge on any atom is -0.448 e. The second kappa shape index (κ2) is 9.13. The van der Waals surface area contributed by atoms with Crippen LogP contribution in [0.15, 0.2) is 48.5 Å². The molecule has 0 aliphatic heterocycles. The van der Waals surface area contributed by atoms with E-state index in [1.54, 1.807) is 38.1 Å². The van der Waals surface area contributed by atoms with Crippen LogP contribution in [0.3, 0.4) is 0 Å². The maximum atomic E-state index is 13.1. The number of nitrogens with one attached hydrogen (secondary N) is 1. The number of esters is 1. The Morgan fingerprint density at radius 3 is 2.17 bits per heavy atom. The van der Waals surface area contributed by atoms with Crippen molar-refractivity contribution in [2.24, 2.45) is 0 Å². The molecule has 2 atom stereocenters. The number of halogens is 2. The molecule has 30 heavy (non-hydrogen) atoms. The van der Waals surface area contributed by atoms with Gasteiger partial charge >= 0.3 is 5.97 Å². The van der Waals surface area contributed by atoms with Gasteiger partial charge in [-0.25, -0.2) is 18.6 Å². The molecule has 5 nitrogen and oxygen atoms in total. The van der Waals surface area contributed by atoms with E-state index in [2.05, 4.69) is 10.3 Å². The Kier molecular flexibility index (Phi) is 6.56. The van der Waals surface area contributed by atoms with Crippen molar-refractivity contribution in [1.82, 2.24) is 10.3 Å². The molecule has 2 unspecified atom stereocenters. The van der Waals surface area contributed by atoms with E-state index < -0.39 is 18.0 Å². The third kappa shape index (κ3) is 5.07. The molecule has 0 spiro atoms. The summed E-state index contributed by atoms with van der Waals surface area (Å²) in [5, 5.41) is 3.29. The Labute approximate surface area is 176 Å². The van der Waals surface area contributed by atoms with Crippen molar-refractivity contribution in [3.05, 3.63) is 76.3 Å². The van der Waals surface area contributed by atoms with Crippen molar-refractivity contribution >= 4 is 23.2 Å². The fraction of sp³-hybridized carbons (Fsp3) is 0.227. The van der Waals surface area contributed by atoms with E-state index in [4.69, 9.17) is 4.74 Å². The number of aromatic nitrogens is 1. The zero-order valence-electron chi connectivity index (χ0n) is 16.6. The maximum absolute atomic E-state index is 13.1. The van der Waals surface area contributed by atoms with E-state index in [-0.39, 0.29) is 22.6 Å². The molecule has 2 aromatic carbocycles. The Morgan fingerprint density at radius 2 is 1.57 bits per heavy atom. The van der Waals surface area contributed by atoms with Crippen molar-refractivity contribution in [2.75, 3.05) is 0 Å². The van der Waals surface area contributed by atoms with Gasteiger partial charge in [-0.2, -0.15) is 0 Å². The summed E-state index contributed by atoms with van der Waals surface area (Å²) in [6, 6.07) is 11.2. The summed E-state index contributed by atoms with van der Waals surface area (Å²) in [5.74, 6) is -1.85. The summed E-state index contributed by atoms with van der Waals surface area (Å²) in [5.41, 5.74) is 1.88. The first-order valence-electron chi connectivity index (χ1n) is 9.24. The number of nitrogens with zero attached hydrogens (tertiary/aromatic N) is 1. The van der Waals surface area contributed by atoms with Crippen LogP contribution in [0.1, 0.15) is 40.8 Å². The molecule has 1 N–H and O–H groups in total. The van der Waals surface area contributed by atoms with Gasteiger partial charge < -0.3 is 10.1 Å². The predicted molar refractivity (Wildman–Crippen MR) is 110 cm³/mol. The number of ether oxygens (including phenoxy) is 1. The quantitative estimate of drug-likeness (QED) is 0.570. The molecule has 0 saturated carbocycles. The van der Waals surface area contributed by atoms with Crippen molar-refractivity contribution in [2.45, 2.75) is 32.9 Å². The third-order valence-corrected chi connectivity index (χ3v) is 5.64. The van der Waals surface area contributed by atoms with E-state index in [0.717, 1.165) is 16.9 Å². The molecule has 0 fully saturated rings. The van der Waals surface area contributed by atoms with E-state index in [1.807, 2.05) is 0 Å². The fourth-order valence-electron chi connectivity index (χ4n) is 2.73. The first-order valence-corrected chi connectivity index (χ1v) is 10.1. The van der Waals surface area contributed by atoms with Gasteiger partial charge in [0, 0.05) is 5.56 Å². The van der Waals surface area contributed by atoms with Crippen molar-refractivity contribution in [1.29, 1.82) is 0 Å². The Bertz CT molecular complexity index is 1050. The molecule has 3 rings (SSSR count). The van der Waals surface area contributed by atoms with Gasteiger partial charge in [0.2, 0.25) is 0 Å². The molecule has 0 aliphatic carbocycles. The molecular weight excluding hydrogens is 410 g/mol. The summed E-state index contributed by atoms with van der Waals surface area (Å²) in [4.78, 5) is 29.6. The number of thiazole rings is 1. The highest BCUT2D eigenvalue weighted by Gasteiger charge is 2.24. The van der Waals surface area contributed by atoms with Crippen LogP contribution in [-0.4, -0.2) is 23.0 Å². The average Bonchev–Trinajstić information content (AvgIpc) is 3.10. The topological polar surface area (TPSA) is 68.3 Å². The summed E-state index contributed by atoms with van der Waals surface area (Å²) in [6.07, 6.45) is -1.03. The van der Waals surface area contributed by atoms with Gasteiger partial charge in [-0.1, -0.05) is 12.1 Å². The van der Waals surface area contributed by atoms with Gasteiger partial charge in [-0.05, 0) is 62.7 Å². The highest BCUT2D eigenvalue weighted by Crippen LogP contribution is 2.28. The zero-order valence-corrected chi connectivity index (χ0v) is 17.4. The maximum Gasteiger partial charge on any atom is 0.351 e. The molecule has 0 radical (unpaired) electrons. The summed E-state index contributed by atoms with van der Waals surface area (Å²) < 4.78 is 31.4. The molecule has 3 aromatic rings. The van der Waals surface area contributed by atoms with Crippen LogP contribution >= 0.6 is 11.3 Å². The Morgan fingerprint density at radius 1 is 1.00 bits per heavy atom. The fourth-order valence-corrected chi connectivity index (χ4v) is 3.69. The van der Waals surface area contributed by atoms with Gasteiger partial charge in [0.15, 0.2) is 6.10 Å². The molecule has 8 heteroatoms. The van der Waals surface area contributed by atoms with Crippen LogP contribution < -0.4 is 5.32 Å². The molecule has 0 bridgehead atoms. The van der Waals surface area contributed by atoms with E-state index in [9.17, 15) is 18.4 Å². The molecule has 0 saturated heterocycles. The number of rotatable bonds is 6. The minimum absolute atomic E-state index is 0.278. The van der Waals surface area contributed by atoms with Crippen molar-refractivity contribution < 1.29 is 23.1 Å². The number of carbonyl (C=O) groups excluding carboxylic acids is 2. The first-order chi connectivity index (χ1) is 14.2. The first kappa shape index (κ1) is 21.6. The largest absolute Gasteiger partial charge is 0.448 e. The predicted octanol–water partition coefficient (Wildman–Crippen LogP) is 4.82. The zero-order chi connectivity index (χ0) is 21.8. The number of benzene rings is 2. The van der Waals surface area contributed by atoms with Crippen LogP contribution in [0.2, 0.25) is 0 Å². The standard InChI is InChI=1S/C22H20F2N2O3S/c1-12(15-4-8-17(23)9-5-15)25-20(27)14(3)29-22(28)19-13(2)26-21(30-19)16-6-10-18(24)11-7-16/h4-12,14H,1-3H3,(H,25,27). The monoisotopic (exact) mass is 430 g/mol. The van der Waals surface area contributed by atoms with Gasteiger partial charge in [0.1, 0.15) is 21.5 Å². The molecule has 1 heterocycles. The number of hydrogen-bond acceptors (Lipinski definition) is 5. The summed E-state index contributed by atoms with van der Waals surface area (Å²) in [7, 11) is 0. The summed E-state index contributed by atoms with van der Waals surface area (Å²) >= 11 is 1.12. The van der Waals surface area contributed by atoms with Crippen molar-refractivity contribution in [3.8, 4) is 10.6 Å². The lowest BCUT2D eigenvalue weighted by atomic mass is 10.1. The third-order valence-electron chi connectivity index (χ3n) is 4.45. The molecule has 156 valence electrons. The number of hydrogen-bond donors (Lipinski definition) is 1. The van der Waals surface area contributed by atoms with E-state index >= 15 is 0 Å². The second-order valence-corrected chi connectivity index (χ2v) is 7.77. The SMILES string of the molecule is Cc1nc(-c2ccc(F)cc2)sc1C(=O)OC(C)C(=O)NC(C)c1ccc(F)cc1. The van der Waals surface area contributed by atoms with Crippen LogP contribution in [0.25, 0.3) is 10.6 Å². The normalized spacial score (nSPS) is 12.8. The van der Waals surface area contributed by atoms with Gasteiger partial charge in [-0.3, -0.25) is 4.79 Å². The number of carbonyl (C=O) groups is 2. The Hall–Kier alpha value is -3.13. The second-order valence-electron chi connectivity index (χ2n) is 6.77. The lowest BCUT2D eigenvalue weighted by Gasteiger charge is -2.18. The highest BCUT2D eigenvalue weighted by molar-refractivity contribution is 7.17. The van der Waals surface area contributed by atoms with Crippen LogP contribution in [0, 0.1) is 18.6 Å². The van der Waals surface area contributed by atoms with Gasteiger partial charge in [-0.15, -0.1) is 11.3 Å². The lowest BCUT2D eigenvalue weighted by molar-refractivity contribution is -0.129. The van der Waals surface area contributed by atoms with Crippen molar-refractivity contribution in [3.63, 3.8) is 0 Å². The smallest absolute Gasteiger partial charge is 0.351 e. The van der Waals surface area contributed by atoms with Crippen LogP contribution in [-0.2, 0) is 9.53 Å². The molecular formula is C22H20F2N2O3S. The Balaban J connectivity index is 1.64. The van der Waals surface area contributed by atoms with Crippen LogP contribution in [0.5, 0.6) is 0 Å². The molecule has 1 aromatic heterocycles. The van der Waals surface area contributed by atoms with E-state index in [1.165, 1.54) is 31.2 Å². The van der Waals surface area contributed by atoms with Gasteiger partial charge in [0.25, 0.3) is 5.91 Å². The van der Waals surface area contributed by atoms with Gasteiger partial charge in [0.05, 0.1) is 11.7 Å². The number of aryl methyl sites for hydroxylation is 1. The minimum atomic E-state index is -1.03. The van der Waals surface area contributed by atoms with E-state index in [0.29, 0.717) is 16.3 Å². The highest BCUT2D eigenvalue weighted by atomic mass is 32.1. The summed E-state index contributed by atoms with van der Waals surface area (Å²) in [6.45, 7) is 4.89. The number of amides is 1. The molecule has 0 aliphatic rings. The molecule has 1 amide bonds. The lowest BCUT2D eigenvalue weighted by Crippen LogP contribution is -2.37. The van der Waals surface area contributed by atoms with Crippen LogP contribution in [0.4, 0.5) is 8.78 Å².